The topological polar surface area (TPSA) is 102 Å². The molecule has 1 saturated heterocycles. The number of hydrazine groups is 1. The fourth-order valence-corrected chi connectivity index (χ4v) is 2.12. The molecule has 112 valence electrons. The Morgan fingerprint density at radius 2 is 1.75 bits per heavy atom. The zero-order valence-electron chi connectivity index (χ0n) is 12.2. The predicted octanol–water partition coefficient (Wildman–Crippen LogP) is -0.927. The van der Waals surface area contributed by atoms with Crippen LogP contribution in [0.15, 0.2) is 0 Å². The Hall–Kier alpha value is -1.71. The molecule has 1 aromatic rings. The Kier molecular flexibility index (Phi) is 4.53. The van der Waals surface area contributed by atoms with Crippen molar-refractivity contribution in [2.45, 2.75) is 12.2 Å². The van der Waals surface area contributed by atoms with Crippen LogP contribution in [-0.2, 0) is 9.47 Å². The number of nitrogens with one attached hydrogen (secondary N) is 1. The maximum absolute atomic E-state index is 5.41. The summed E-state index contributed by atoms with van der Waals surface area (Å²) in [6.45, 7) is 1.33. The number of rotatable bonds is 5. The van der Waals surface area contributed by atoms with Gasteiger partial charge in [-0.3, -0.25) is 5.43 Å². The van der Waals surface area contributed by atoms with Crippen molar-refractivity contribution < 1.29 is 9.47 Å². The Morgan fingerprint density at radius 1 is 1.15 bits per heavy atom. The molecular weight excluding hydrogens is 262 g/mol. The van der Waals surface area contributed by atoms with E-state index in [0.717, 1.165) is 0 Å². The predicted molar refractivity (Wildman–Crippen MR) is 75.8 cm³/mol. The van der Waals surface area contributed by atoms with E-state index in [-0.39, 0.29) is 12.2 Å². The first-order valence-corrected chi connectivity index (χ1v) is 6.29. The van der Waals surface area contributed by atoms with Gasteiger partial charge in [0.2, 0.25) is 17.8 Å². The van der Waals surface area contributed by atoms with Crippen molar-refractivity contribution in [3.05, 3.63) is 0 Å². The van der Waals surface area contributed by atoms with Crippen LogP contribution in [0.2, 0.25) is 0 Å². The quantitative estimate of drug-likeness (QED) is 0.524. The average Bonchev–Trinajstić information content (AvgIpc) is 2.89. The summed E-state index contributed by atoms with van der Waals surface area (Å²) in [5.41, 5.74) is 2.46. The van der Waals surface area contributed by atoms with E-state index in [0.29, 0.717) is 30.9 Å². The molecule has 0 amide bonds. The number of nitrogens with zero attached hydrogens (tertiary/aromatic N) is 5. The summed E-state index contributed by atoms with van der Waals surface area (Å²) in [5, 5.41) is 0. The van der Waals surface area contributed by atoms with Crippen molar-refractivity contribution in [1.82, 2.24) is 15.0 Å². The van der Waals surface area contributed by atoms with Gasteiger partial charge in [-0.05, 0) is 0 Å². The van der Waals surface area contributed by atoms with Gasteiger partial charge < -0.3 is 19.3 Å². The summed E-state index contributed by atoms with van der Waals surface area (Å²) in [6, 6.07) is 0. The molecule has 2 rings (SSSR count). The molecule has 2 heterocycles. The van der Waals surface area contributed by atoms with Crippen LogP contribution in [0.3, 0.4) is 0 Å². The van der Waals surface area contributed by atoms with Crippen LogP contribution in [0.4, 0.5) is 17.8 Å². The van der Waals surface area contributed by atoms with Crippen molar-refractivity contribution >= 4 is 17.8 Å². The van der Waals surface area contributed by atoms with Crippen molar-refractivity contribution in [2.24, 2.45) is 5.84 Å². The average molecular weight is 283 g/mol. The number of nitrogen functional groups attached to an aromatic ring is 1. The molecule has 3 N–H and O–H groups in total. The highest BCUT2D eigenvalue weighted by Crippen LogP contribution is 2.22. The minimum Gasteiger partial charge on any atom is -0.377 e. The van der Waals surface area contributed by atoms with E-state index in [1.54, 1.807) is 19.1 Å². The minimum absolute atomic E-state index is 0.00569. The number of ether oxygens (including phenoxy) is 2. The van der Waals surface area contributed by atoms with E-state index in [4.69, 9.17) is 15.3 Å². The minimum atomic E-state index is -0.00569. The SMILES string of the molecule is COC1CN(c2nc(NN)nc(N(C)C)n2)CC1OC. The van der Waals surface area contributed by atoms with Crippen LogP contribution >= 0.6 is 0 Å². The van der Waals surface area contributed by atoms with Crippen molar-refractivity contribution in [3.8, 4) is 0 Å². The first-order chi connectivity index (χ1) is 9.58. The first-order valence-electron chi connectivity index (χ1n) is 6.29. The van der Waals surface area contributed by atoms with Crippen LogP contribution in [0.25, 0.3) is 0 Å². The zero-order chi connectivity index (χ0) is 14.7. The number of aromatic nitrogens is 3. The van der Waals surface area contributed by atoms with Crippen LogP contribution < -0.4 is 21.1 Å². The van der Waals surface area contributed by atoms with Gasteiger partial charge in [-0.25, -0.2) is 5.84 Å². The highest BCUT2D eigenvalue weighted by molar-refractivity contribution is 5.45. The van der Waals surface area contributed by atoms with Gasteiger partial charge in [0.15, 0.2) is 0 Å². The number of methoxy groups -OCH3 is 2. The molecule has 0 bridgehead atoms. The lowest BCUT2D eigenvalue weighted by molar-refractivity contribution is -0.00461. The molecule has 0 saturated carbocycles. The summed E-state index contributed by atoms with van der Waals surface area (Å²) >= 11 is 0. The Balaban J connectivity index is 2.26. The van der Waals surface area contributed by atoms with Gasteiger partial charge in [-0.1, -0.05) is 0 Å². The zero-order valence-corrected chi connectivity index (χ0v) is 12.2. The highest BCUT2D eigenvalue weighted by Gasteiger charge is 2.34. The fourth-order valence-electron chi connectivity index (χ4n) is 2.12. The number of anilines is 3. The van der Waals surface area contributed by atoms with Crippen LogP contribution in [0.5, 0.6) is 0 Å². The summed E-state index contributed by atoms with van der Waals surface area (Å²) in [6.07, 6.45) is -0.0114. The second kappa shape index (κ2) is 6.16. The smallest absolute Gasteiger partial charge is 0.243 e. The van der Waals surface area contributed by atoms with Crippen LogP contribution in [0.1, 0.15) is 0 Å². The van der Waals surface area contributed by atoms with Gasteiger partial charge >= 0.3 is 0 Å². The van der Waals surface area contributed by atoms with Gasteiger partial charge in [0.25, 0.3) is 0 Å². The molecular formula is C11H21N7O2. The molecule has 20 heavy (non-hydrogen) atoms. The molecule has 2 atom stereocenters. The Labute approximate surface area is 118 Å². The monoisotopic (exact) mass is 283 g/mol. The molecule has 1 aliphatic rings. The fraction of sp³-hybridized carbons (Fsp3) is 0.727. The maximum Gasteiger partial charge on any atom is 0.243 e. The van der Waals surface area contributed by atoms with Crippen molar-refractivity contribution in [3.63, 3.8) is 0 Å². The van der Waals surface area contributed by atoms with E-state index in [1.165, 1.54) is 0 Å². The standard InChI is InChI=1S/C11H21N7O2/c1-17(2)10-13-9(16-12)14-11(15-10)18-5-7(19-3)8(6-18)20-4/h7-8H,5-6,12H2,1-4H3,(H,13,14,15,16). The Bertz CT molecular complexity index is 444. The molecule has 1 aromatic heterocycles. The largest absolute Gasteiger partial charge is 0.377 e. The number of hydrogen-bond acceptors (Lipinski definition) is 9. The lowest BCUT2D eigenvalue weighted by Crippen LogP contribution is -2.27. The molecule has 2 unspecified atom stereocenters. The van der Waals surface area contributed by atoms with Gasteiger partial charge in [-0.15, -0.1) is 0 Å². The van der Waals surface area contributed by atoms with Gasteiger partial charge in [0.1, 0.15) is 12.2 Å². The van der Waals surface area contributed by atoms with Gasteiger partial charge in [0, 0.05) is 41.4 Å². The van der Waals surface area contributed by atoms with E-state index >= 15 is 0 Å². The highest BCUT2D eigenvalue weighted by atomic mass is 16.5. The Morgan fingerprint density at radius 3 is 2.20 bits per heavy atom. The molecule has 9 heteroatoms. The van der Waals surface area contributed by atoms with Crippen LogP contribution in [0, 0.1) is 0 Å². The number of nitrogens with two attached hydrogens (primary N) is 1. The normalized spacial score (nSPS) is 22.1. The third kappa shape index (κ3) is 2.89. The molecule has 0 aliphatic carbocycles. The van der Waals surface area contributed by atoms with Crippen LogP contribution in [-0.4, -0.2) is 68.6 Å². The van der Waals surface area contributed by atoms with Gasteiger partial charge in [0.05, 0.1) is 0 Å². The second-order valence-electron chi connectivity index (χ2n) is 4.75. The molecule has 0 radical (unpaired) electrons. The second-order valence-corrected chi connectivity index (χ2v) is 4.75. The molecule has 0 aromatic carbocycles. The maximum atomic E-state index is 5.41. The first kappa shape index (κ1) is 14.7. The van der Waals surface area contributed by atoms with Gasteiger partial charge in [-0.2, -0.15) is 15.0 Å². The molecule has 9 nitrogen and oxygen atoms in total. The van der Waals surface area contributed by atoms with Crippen molar-refractivity contribution in [1.29, 1.82) is 0 Å². The number of hydrogen-bond donors (Lipinski definition) is 2. The summed E-state index contributed by atoms with van der Waals surface area (Å²) < 4.78 is 10.8. The van der Waals surface area contributed by atoms with E-state index in [9.17, 15) is 0 Å². The third-order valence-electron chi connectivity index (χ3n) is 3.24. The third-order valence-corrected chi connectivity index (χ3v) is 3.24. The van der Waals surface area contributed by atoms with E-state index in [1.807, 2.05) is 19.0 Å². The summed E-state index contributed by atoms with van der Waals surface area (Å²) in [7, 11) is 7.07. The molecule has 1 aliphatic heterocycles. The van der Waals surface area contributed by atoms with Crippen molar-refractivity contribution in [2.75, 3.05) is 56.6 Å². The summed E-state index contributed by atoms with van der Waals surface area (Å²) in [4.78, 5) is 16.7. The summed E-state index contributed by atoms with van der Waals surface area (Å²) in [5.74, 6) is 6.83. The van der Waals surface area contributed by atoms with E-state index in [2.05, 4.69) is 20.4 Å². The lowest BCUT2D eigenvalue weighted by atomic mass is 10.3. The molecule has 1 fully saturated rings. The van der Waals surface area contributed by atoms with E-state index < -0.39 is 0 Å². The lowest BCUT2D eigenvalue weighted by Gasteiger charge is -2.18. The molecule has 0 spiro atoms.